The van der Waals surface area contributed by atoms with Crippen molar-refractivity contribution in [2.45, 2.75) is 33.7 Å². The van der Waals surface area contributed by atoms with E-state index in [1.54, 1.807) is 0 Å². The minimum absolute atomic E-state index is 0.0540. The van der Waals surface area contributed by atoms with Crippen molar-refractivity contribution in [3.05, 3.63) is 17.0 Å². The summed E-state index contributed by atoms with van der Waals surface area (Å²) in [6, 6.07) is 0. The van der Waals surface area contributed by atoms with Crippen molar-refractivity contribution in [2.24, 2.45) is 11.8 Å². The third kappa shape index (κ3) is 3.44. The summed E-state index contributed by atoms with van der Waals surface area (Å²) in [5, 5.41) is 16.8. The molecule has 1 fully saturated rings. The Balaban J connectivity index is 1.99. The molecule has 6 nitrogen and oxygen atoms in total. The summed E-state index contributed by atoms with van der Waals surface area (Å²) in [6.45, 7) is 8.47. The van der Waals surface area contributed by atoms with Gasteiger partial charge in [-0.2, -0.15) is 5.10 Å². The average Bonchev–Trinajstić information content (AvgIpc) is 3.08. The molecule has 1 aliphatic heterocycles. The number of ether oxygens (including phenoxy) is 1. The number of aliphatic hydroxyl groups excluding tert-OH is 1. The van der Waals surface area contributed by atoms with Crippen LogP contribution in [0.3, 0.4) is 0 Å². The second-order valence-electron chi connectivity index (χ2n) is 5.64. The first-order valence-corrected chi connectivity index (χ1v) is 7.59. The van der Waals surface area contributed by atoms with Gasteiger partial charge in [-0.3, -0.25) is 9.48 Å². The first-order chi connectivity index (χ1) is 10.1. The molecule has 0 radical (unpaired) electrons. The minimum Gasteiger partial charge on any atom is -0.396 e. The Morgan fingerprint density at radius 2 is 2.33 bits per heavy atom. The molecule has 6 heteroatoms. The summed E-state index contributed by atoms with van der Waals surface area (Å²) >= 11 is 0. The van der Waals surface area contributed by atoms with Crippen molar-refractivity contribution in [3.63, 3.8) is 0 Å². The van der Waals surface area contributed by atoms with Crippen LogP contribution in [0.5, 0.6) is 0 Å². The highest BCUT2D eigenvalue weighted by Gasteiger charge is 2.26. The molecule has 1 aromatic rings. The van der Waals surface area contributed by atoms with E-state index in [1.807, 2.05) is 25.5 Å². The molecule has 0 aliphatic carbocycles. The Morgan fingerprint density at radius 1 is 1.57 bits per heavy atom. The van der Waals surface area contributed by atoms with Gasteiger partial charge in [0.15, 0.2) is 0 Å². The van der Waals surface area contributed by atoms with E-state index in [2.05, 4.69) is 10.4 Å². The molecule has 0 aromatic carbocycles. The van der Waals surface area contributed by atoms with E-state index >= 15 is 0 Å². The molecule has 2 N–H and O–H groups in total. The first-order valence-electron chi connectivity index (χ1n) is 7.59. The summed E-state index contributed by atoms with van der Waals surface area (Å²) in [4.78, 5) is 12.4. The van der Waals surface area contributed by atoms with E-state index in [4.69, 9.17) is 4.74 Å². The second kappa shape index (κ2) is 7.04. The van der Waals surface area contributed by atoms with E-state index in [0.717, 1.165) is 31.0 Å². The monoisotopic (exact) mass is 295 g/mol. The van der Waals surface area contributed by atoms with Gasteiger partial charge in [0.1, 0.15) is 0 Å². The van der Waals surface area contributed by atoms with Crippen molar-refractivity contribution in [1.82, 2.24) is 15.1 Å². The number of nitrogens with zero attached hydrogens (tertiary/aromatic N) is 2. The molecule has 2 unspecified atom stereocenters. The lowest BCUT2D eigenvalue weighted by Gasteiger charge is -2.20. The molecule has 21 heavy (non-hydrogen) atoms. The molecule has 1 saturated heterocycles. The fourth-order valence-corrected chi connectivity index (χ4v) is 2.95. The topological polar surface area (TPSA) is 76.4 Å². The van der Waals surface area contributed by atoms with Gasteiger partial charge in [-0.15, -0.1) is 0 Å². The van der Waals surface area contributed by atoms with Crippen LogP contribution in [0.15, 0.2) is 0 Å². The third-order valence-corrected chi connectivity index (χ3v) is 4.30. The van der Waals surface area contributed by atoms with Crippen LogP contribution in [0.2, 0.25) is 0 Å². The van der Waals surface area contributed by atoms with Crippen molar-refractivity contribution in [1.29, 1.82) is 0 Å². The number of aryl methyl sites for hydroxylation is 2. The minimum atomic E-state index is -0.109. The zero-order valence-electron chi connectivity index (χ0n) is 13.1. The molecular formula is C15H25N3O3. The van der Waals surface area contributed by atoms with Crippen LogP contribution < -0.4 is 5.32 Å². The summed E-state index contributed by atoms with van der Waals surface area (Å²) in [7, 11) is 0. The molecule has 2 heterocycles. The number of amides is 1. The number of aliphatic hydroxyl groups is 1. The normalized spacial score (nSPS) is 19.7. The van der Waals surface area contributed by atoms with Gasteiger partial charge in [0, 0.05) is 44.5 Å². The molecule has 2 atom stereocenters. The van der Waals surface area contributed by atoms with Gasteiger partial charge >= 0.3 is 0 Å². The molecule has 0 saturated carbocycles. The fraction of sp³-hybridized carbons (Fsp3) is 0.733. The number of carbonyl (C=O) groups excluding carboxylic acids is 1. The Kier molecular flexibility index (Phi) is 5.36. The van der Waals surface area contributed by atoms with Crippen molar-refractivity contribution in [2.75, 3.05) is 26.4 Å². The lowest BCUT2D eigenvalue weighted by molar-refractivity contribution is 0.0916. The van der Waals surface area contributed by atoms with Crippen LogP contribution >= 0.6 is 0 Å². The van der Waals surface area contributed by atoms with E-state index < -0.39 is 0 Å². The van der Waals surface area contributed by atoms with Crippen LogP contribution in [0.1, 0.15) is 35.1 Å². The van der Waals surface area contributed by atoms with E-state index in [0.29, 0.717) is 24.6 Å². The number of nitrogens with one attached hydrogen (secondary N) is 1. The zero-order chi connectivity index (χ0) is 15.4. The summed E-state index contributed by atoms with van der Waals surface area (Å²) in [5.41, 5.74) is 2.28. The van der Waals surface area contributed by atoms with E-state index in [1.165, 1.54) is 0 Å². The highest BCUT2D eigenvalue weighted by Crippen LogP contribution is 2.21. The predicted molar refractivity (Wildman–Crippen MR) is 79.2 cm³/mol. The SMILES string of the molecule is CCn1nc(C)c(C(=O)NCC(CO)C2CCOC2)c1C. The molecule has 0 bridgehead atoms. The maximum absolute atomic E-state index is 12.4. The molecule has 0 spiro atoms. The Bertz CT molecular complexity index is 493. The standard InChI is InChI=1S/C15H25N3O3/c1-4-18-11(3)14(10(2)17-18)15(20)16-7-13(8-19)12-5-6-21-9-12/h12-13,19H,4-9H2,1-3H3,(H,16,20). The van der Waals surface area contributed by atoms with Crippen LogP contribution in [-0.4, -0.2) is 47.2 Å². The first kappa shape index (κ1) is 16.0. The van der Waals surface area contributed by atoms with Crippen molar-refractivity contribution in [3.8, 4) is 0 Å². The lowest BCUT2D eigenvalue weighted by Crippen LogP contribution is -2.35. The van der Waals surface area contributed by atoms with Crippen LogP contribution in [-0.2, 0) is 11.3 Å². The van der Waals surface area contributed by atoms with Crippen molar-refractivity contribution >= 4 is 5.91 Å². The van der Waals surface area contributed by atoms with Crippen LogP contribution in [0.4, 0.5) is 0 Å². The summed E-state index contributed by atoms with van der Waals surface area (Å²) < 4.78 is 7.18. The van der Waals surface area contributed by atoms with Gasteiger partial charge < -0.3 is 15.2 Å². The highest BCUT2D eigenvalue weighted by molar-refractivity contribution is 5.96. The molecule has 1 amide bonds. The Labute approximate surface area is 125 Å². The summed E-state index contributed by atoms with van der Waals surface area (Å²) in [5.74, 6) is 0.274. The second-order valence-corrected chi connectivity index (χ2v) is 5.64. The molecule has 1 aliphatic rings. The highest BCUT2D eigenvalue weighted by atomic mass is 16.5. The van der Waals surface area contributed by atoms with Gasteiger partial charge in [-0.25, -0.2) is 0 Å². The van der Waals surface area contributed by atoms with Crippen LogP contribution in [0, 0.1) is 25.7 Å². The smallest absolute Gasteiger partial charge is 0.255 e. The van der Waals surface area contributed by atoms with Gasteiger partial charge in [-0.1, -0.05) is 0 Å². The third-order valence-electron chi connectivity index (χ3n) is 4.30. The number of aromatic nitrogens is 2. The van der Waals surface area contributed by atoms with Crippen molar-refractivity contribution < 1.29 is 14.6 Å². The maximum atomic E-state index is 12.4. The number of carbonyl (C=O) groups is 1. The van der Waals surface area contributed by atoms with Gasteiger partial charge in [0.25, 0.3) is 5.91 Å². The predicted octanol–water partition coefficient (Wildman–Crippen LogP) is 0.895. The quantitative estimate of drug-likeness (QED) is 0.817. The molecule has 1 aromatic heterocycles. The number of rotatable bonds is 6. The molecule has 118 valence electrons. The van der Waals surface area contributed by atoms with E-state index in [-0.39, 0.29) is 18.4 Å². The van der Waals surface area contributed by atoms with Gasteiger partial charge in [0.2, 0.25) is 0 Å². The van der Waals surface area contributed by atoms with Gasteiger partial charge in [-0.05, 0) is 33.1 Å². The average molecular weight is 295 g/mol. The fourth-order valence-electron chi connectivity index (χ4n) is 2.95. The maximum Gasteiger partial charge on any atom is 0.255 e. The number of hydrogen-bond donors (Lipinski definition) is 2. The number of hydrogen-bond acceptors (Lipinski definition) is 4. The Hall–Kier alpha value is -1.40. The van der Waals surface area contributed by atoms with E-state index in [9.17, 15) is 9.90 Å². The van der Waals surface area contributed by atoms with Gasteiger partial charge in [0.05, 0.1) is 11.3 Å². The zero-order valence-corrected chi connectivity index (χ0v) is 13.1. The summed E-state index contributed by atoms with van der Waals surface area (Å²) in [6.07, 6.45) is 0.951. The Morgan fingerprint density at radius 3 is 2.86 bits per heavy atom. The molecule has 2 rings (SSSR count). The molecular weight excluding hydrogens is 270 g/mol. The largest absolute Gasteiger partial charge is 0.396 e. The van der Waals surface area contributed by atoms with Crippen LogP contribution in [0.25, 0.3) is 0 Å². The lowest BCUT2D eigenvalue weighted by atomic mass is 9.92.